The van der Waals surface area contributed by atoms with Crippen LogP contribution in [0.2, 0.25) is 0 Å². The number of rotatable bonds is 4. The molecular weight excluding hydrogens is 184 g/mol. The van der Waals surface area contributed by atoms with E-state index in [1.54, 1.807) is 6.92 Å². The van der Waals surface area contributed by atoms with Crippen molar-refractivity contribution < 1.29 is 15.0 Å². The predicted molar refractivity (Wildman–Crippen MR) is 51.5 cm³/mol. The van der Waals surface area contributed by atoms with Gasteiger partial charge in [-0.25, -0.2) is 0 Å². The minimum atomic E-state index is -0.846. The molecule has 1 aliphatic heterocycles. The molecule has 0 aliphatic carbocycles. The molecule has 5 nitrogen and oxygen atoms in total. The molecule has 5 heteroatoms. The summed E-state index contributed by atoms with van der Waals surface area (Å²) in [7, 11) is 0. The van der Waals surface area contributed by atoms with Gasteiger partial charge in [0.05, 0.1) is 18.8 Å². The Balaban J connectivity index is 2.73. The van der Waals surface area contributed by atoms with Crippen molar-refractivity contribution in [1.29, 1.82) is 0 Å². The Morgan fingerprint density at radius 2 is 2.14 bits per heavy atom. The summed E-state index contributed by atoms with van der Waals surface area (Å²) < 4.78 is 0. The van der Waals surface area contributed by atoms with Crippen LogP contribution in [0.25, 0.3) is 0 Å². The minimum absolute atomic E-state index is 0.0361. The minimum Gasteiger partial charge on any atom is -0.394 e. The van der Waals surface area contributed by atoms with Crippen molar-refractivity contribution in [3.63, 3.8) is 0 Å². The van der Waals surface area contributed by atoms with Crippen molar-refractivity contribution in [2.45, 2.75) is 18.9 Å². The quantitative estimate of drug-likeness (QED) is 0.520. The first-order valence-corrected chi connectivity index (χ1v) is 4.79. The number of carbonyl (C=O) groups excluding carboxylic acids is 1. The first-order valence-electron chi connectivity index (χ1n) is 4.79. The number of aliphatic hydroxyl groups excluding tert-OH is 2. The highest BCUT2D eigenvalue weighted by Crippen LogP contribution is 2.25. The van der Waals surface area contributed by atoms with Gasteiger partial charge in [-0.2, -0.15) is 0 Å². The third kappa shape index (κ3) is 1.89. The molecule has 0 bridgehead atoms. The van der Waals surface area contributed by atoms with Gasteiger partial charge in [0.2, 0.25) is 5.91 Å². The lowest BCUT2D eigenvalue weighted by Crippen LogP contribution is -2.53. The molecule has 4 N–H and O–H groups in total. The van der Waals surface area contributed by atoms with Gasteiger partial charge in [-0.05, 0) is 19.4 Å². The Kier molecular flexibility index (Phi) is 3.47. The van der Waals surface area contributed by atoms with Gasteiger partial charge < -0.3 is 20.8 Å². The van der Waals surface area contributed by atoms with Crippen LogP contribution in [-0.2, 0) is 4.79 Å². The van der Waals surface area contributed by atoms with Crippen LogP contribution in [0.1, 0.15) is 13.3 Å². The number of likely N-dealkylation sites (tertiary alicyclic amines) is 1. The summed E-state index contributed by atoms with van der Waals surface area (Å²) in [6, 6.07) is 0. The Hall–Kier alpha value is -0.650. The number of hydrogen-bond acceptors (Lipinski definition) is 4. The number of carbonyl (C=O) groups is 1. The SMILES string of the molecule is CC(CO)(CO)N1CC(CN)CC1=O. The standard InChI is InChI=1S/C9H18N2O3/c1-9(5-12,6-13)11-4-7(3-10)2-8(11)14/h7,12-13H,2-6,10H2,1H3. The van der Waals surface area contributed by atoms with Crippen LogP contribution in [0, 0.1) is 5.92 Å². The molecule has 1 saturated heterocycles. The smallest absolute Gasteiger partial charge is 0.223 e. The number of aliphatic hydroxyl groups is 2. The summed E-state index contributed by atoms with van der Waals surface area (Å²) in [4.78, 5) is 13.1. The maximum absolute atomic E-state index is 11.6. The summed E-state index contributed by atoms with van der Waals surface area (Å²) in [6.07, 6.45) is 0.423. The van der Waals surface area contributed by atoms with Gasteiger partial charge in [0.15, 0.2) is 0 Å². The lowest BCUT2D eigenvalue weighted by Gasteiger charge is -2.35. The van der Waals surface area contributed by atoms with Crippen molar-refractivity contribution in [2.24, 2.45) is 11.7 Å². The molecule has 0 aromatic rings. The Morgan fingerprint density at radius 3 is 2.50 bits per heavy atom. The van der Waals surface area contributed by atoms with E-state index in [2.05, 4.69) is 0 Å². The zero-order valence-corrected chi connectivity index (χ0v) is 8.44. The van der Waals surface area contributed by atoms with Gasteiger partial charge in [0.25, 0.3) is 0 Å². The van der Waals surface area contributed by atoms with E-state index in [9.17, 15) is 4.79 Å². The molecule has 1 unspecified atom stereocenters. The maximum Gasteiger partial charge on any atom is 0.223 e. The second-order valence-electron chi connectivity index (χ2n) is 4.12. The van der Waals surface area contributed by atoms with Gasteiger partial charge in [0, 0.05) is 13.0 Å². The van der Waals surface area contributed by atoms with Gasteiger partial charge in [0.1, 0.15) is 0 Å². The van der Waals surface area contributed by atoms with Gasteiger partial charge in [-0.1, -0.05) is 0 Å². The normalized spacial score (nSPS) is 23.3. The topological polar surface area (TPSA) is 86.8 Å². The Labute approximate surface area is 83.5 Å². The molecular formula is C9H18N2O3. The molecule has 1 fully saturated rings. The predicted octanol–water partition coefficient (Wildman–Crippen LogP) is -1.46. The van der Waals surface area contributed by atoms with E-state index < -0.39 is 5.54 Å². The summed E-state index contributed by atoms with van der Waals surface area (Å²) in [5.41, 5.74) is 4.63. The largest absolute Gasteiger partial charge is 0.394 e. The molecule has 0 aromatic heterocycles. The Morgan fingerprint density at radius 1 is 1.57 bits per heavy atom. The van der Waals surface area contributed by atoms with Crippen molar-refractivity contribution >= 4 is 5.91 Å². The highest BCUT2D eigenvalue weighted by molar-refractivity contribution is 5.79. The molecule has 0 spiro atoms. The van der Waals surface area contributed by atoms with Crippen LogP contribution in [0.15, 0.2) is 0 Å². The fraction of sp³-hybridized carbons (Fsp3) is 0.889. The van der Waals surface area contributed by atoms with Crippen LogP contribution in [0.5, 0.6) is 0 Å². The van der Waals surface area contributed by atoms with Crippen molar-refractivity contribution in [1.82, 2.24) is 4.90 Å². The summed E-state index contributed by atoms with van der Waals surface area (Å²) in [6.45, 7) is 2.21. The van der Waals surface area contributed by atoms with Crippen molar-refractivity contribution in [3.8, 4) is 0 Å². The monoisotopic (exact) mass is 202 g/mol. The number of amides is 1. The molecule has 82 valence electrons. The molecule has 1 aliphatic rings. The lowest BCUT2D eigenvalue weighted by molar-refractivity contribution is -0.136. The van der Waals surface area contributed by atoms with Crippen LogP contribution in [0.3, 0.4) is 0 Å². The highest BCUT2D eigenvalue weighted by atomic mass is 16.3. The van der Waals surface area contributed by atoms with E-state index in [-0.39, 0.29) is 25.0 Å². The summed E-state index contributed by atoms with van der Waals surface area (Å²) in [5.74, 6) is 0.117. The van der Waals surface area contributed by atoms with Crippen molar-refractivity contribution in [3.05, 3.63) is 0 Å². The average Bonchev–Trinajstić information content (AvgIpc) is 2.59. The highest BCUT2D eigenvalue weighted by Gasteiger charge is 2.40. The van der Waals surface area contributed by atoms with Crippen LogP contribution < -0.4 is 5.73 Å². The third-order valence-corrected chi connectivity index (χ3v) is 2.87. The van der Waals surface area contributed by atoms with E-state index in [0.29, 0.717) is 19.5 Å². The maximum atomic E-state index is 11.6. The Bertz CT molecular complexity index is 216. The third-order valence-electron chi connectivity index (χ3n) is 2.87. The van der Waals surface area contributed by atoms with Crippen LogP contribution in [0.4, 0.5) is 0 Å². The van der Waals surface area contributed by atoms with Gasteiger partial charge >= 0.3 is 0 Å². The van der Waals surface area contributed by atoms with E-state index >= 15 is 0 Å². The molecule has 0 aromatic carbocycles. The second kappa shape index (κ2) is 4.25. The number of nitrogens with two attached hydrogens (primary N) is 1. The van der Waals surface area contributed by atoms with Gasteiger partial charge in [-0.15, -0.1) is 0 Å². The van der Waals surface area contributed by atoms with E-state index in [1.165, 1.54) is 4.90 Å². The summed E-state index contributed by atoms with van der Waals surface area (Å²) >= 11 is 0. The zero-order chi connectivity index (χ0) is 10.8. The molecule has 0 saturated carbocycles. The molecule has 1 rings (SSSR count). The molecule has 1 atom stereocenters. The van der Waals surface area contributed by atoms with Crippen LogP contribution >= 0.6 is 0 Å². The molecule has 1 heterocycles. The van der Waals surface area contributed by atoms with E-state index in [4.69, 9.17) is 15.9 Å². The molecule has 14 heavy (non-hydrogen) atoms. The van der Waals surface area contributed by atoms with Crippen molar-refractivity contribution in [2.75, 3.05) is 26.3 Å². The summed E-state index contributed by atoms with van der Waals surface area (Å²) in [5, 5.41) is 18.3. The first-order chi connectivity index (χ1) is 6.57. The molecule has 1 amide bonds. The molecule has 0 radical (unpaired) electrons. The first kappa shape index (κ1) is 11.4. The number of nitrogens with zero attached hydrogens (tertiary/aromatic N) is 1. The lowest BCUT2D eigenvalue weighted by atomic mass is 10.0. The van der Waals surface area contributed by atoms with Crippen LogP contribution in [-0.4, -0.2) is 52.9 Å². The average molecular weight is 202 g/mol. The zero-order valence-electron chi connectivity index (χ0n) is 8.44. The number of hydrogen-bond donors (Lipinski definition) is 3. The fourth-order valence-corrected chi connectivity index (χ4v) is 1.68. The van der Waals surface area contributed by atoms with Gasteiger partial charge in [-0.3, -0.25) is 4.79 Å². The van der Waals surface area contributed by atoms with E-state index in [0.717, 1.165) is 0 Å². The fourth-order valence-electron chi connectivity index (χ4n) is 1.68. The second-order valence-corrected chi connectivity index (χ2v) is 4.12. The van der Waals surface area contributed by atoms with E-state index in [1.807, 2.05) is 0 Å².